The maximum atomic E-state index is 11.2. The highest BCUT2D eigenvalue weighted by Gasteiger charge is 2.16. The number of nitro groups is 1. The molecule has 0 aliphatic rings. The molecule has 0 aliphatic carbocycles. The summed E-state index contributed by atoms with van der Waals surface area (Å²) < 4.78 is 0. The first-order valence-corrected chi connectivity index (χ1v) is 6.24. The van der Waals surface area contributed by atoms with Crippen LogP contribution in [-0.4, -0.2) is 4.92 Å². The van der Waals surface area contributed by atoms with E-state index < -0.39 is 0 Å². The van der Waals surface area contributed by atoms with Crippen LogP contribution in [0.4, 0.5) is 17.1 Å². The van der Waals surface area contributed by atoms with Crippen molar-refractivity contribution in [3.8, 4) is 0 Å². The molecule has 0 unspecified atom stereocenters. The van der Waals surface area contributed by atoms with E-state index in [1.54, 1.807) is 6.07 Å². The third-order valence-electron chi connectivity index (χ3n) is 3.15. The minimum atomic E-state index is -0.363. The van der Waals surface area contributed by atoms with Gasteiger partial charge in [0.05, 0.1) is 4.92 Å². The van der Waals surface area contributed by atoms with Crippen molar-refractivity contribution >= 4 is 27.8 Å². The first kappa shape index (κ1) is 12.2. The van der Waals surface area contributed by atoms with Crippen LogP contribution in [0.25, 0.3) is 10.8 Å². The van der Waals surface area contributed by atoms with Crippen molar-refractivity contribution in [3.63, 3.8) is 0 Å². The second-order valence-corrected chi connectivity index (χ2v) is 4.43. The number of hydrogen-bond acceptors (Lipinski definition) is 3. The Labute approximate surface area is 115 Å². The lowest BCUT2D eigenvalue weighted by atomic mass is 10.1. The highest BCUT2D eigenvalue weighted by Crippen LogP contribution is 2.35. The number of anilines is 2. The summed E-state index contributed by atoms with van der Waals surface area (Å²) in [7, 11) is 0. The van der Waals surface area contributed by atoms with E-state index in [0.29, 0.717) is 5.69 Å². The molecule has 0 aliphatic heterocycles. The number of hydrogen-bond donors (Lipinski definition) is 1. The summed E-state index contributed by atoms with van der Waals surface area (Å²) in [6, 6.07) is 20.4. The van der Waals surface area contributed by atoms with E-state index in [1.807, 2.05) is 54.6 Å². The van der Waals surface area contributed by atoms with Crippen LogP contribution in [-0.2, 0) is 0 Å². The topological polar surface area (TPSA) is 55.2 Å². The first-order valence-electron chi connectivity index (χ1n) is 6.24. The average Bonchev–Trinajstić information content (AvgIpc) is 2.48. The van der Waals surface area contributed by atoms with Gasteiger partial charge in [0.1, 0.15) is 5.69 Å². The Morgan fingerprint density at radius 2 is 1.55 bits per heavy atom. The second kappa shape index (κ2) is 5.01. The lowest BCUT2D eigenvalue weighted by Crippen LogP contribution is -1.97. The summed E-state index contributed by atoms with van der Waals surface area (Å²) in [6.07, 6.45) is 0. The fraction of sp³-hybridized carbons (Fsp3) is 0. The van der Waals surface area contributed by atoms with Crippen LogP contribution in [0.15, 0.2) is 66.7 Å². The van der Waals surface area contributed by atoms with Crippen LogP contribution in [0.3, 0.4) is 0 Å². The molecule has 3 rings (SSSR count). The van der Waals surface area contributed by atoms with Crippen molar-refractivity contribution in [2.45, 2.75) is 0 Å². The Balaban J connectivity index is 2.20. The van der Waals surface area contributed by atoms with E-state index in [-0.39, 0.29) is 10.6 Å². The van der Waals surface area contributed by atoms with Crippen molar-refractivity contribution in [1.29, 1.82) is 0 Å². The molecule has 0 spiro atoms. The molecular weight excluding hydrogens is 252 g/mol. The first-order chi connectivity index (χ1) is 9.75. The fourth-order valence-electron chi connectivity index (χ4n) is 2.21. The molecule has 0 amide bonds. The van der Waals surface area contributed by atoms with E-state index in [0.717, 1.165) is 16.5 Å². The average molecular weight is 264 g/mol. The molecular formula is C16H12N2O2. The third kappa shape index (κ3) is 2.19. The zero-order valence-electron chi connectivity index (χ0n) is 10.6. The molecule has 0 saturated heterocycles. The molecule has 0 aromatic heterocycles. The molecule has 0 atom stereocenters. The maximum absolute atomic E-state index is 11.2. The molecule has 1 N–H and O–H groups in total. The van der Waals surface area contributed by atoms with Crippen LogP contribution in [0, 0.1) is 10.1 Å². The number of nitro benzene ring substituents is 1. The molecule has 3 aromatic carbocycles. The molecule has 20 heavy (non-hydrogen) atoms. The van der Waals surface area contributed by atoms with Crippen molar-refractivity contribution in [2.75, 3.05) is 5.32 Å². The maximum Gasteiger partial charge on any atom is 0.293 e. The van der Waals surface area contributed by atoms with Gasteiger partial charge in [-0.3, -0.25) is 10.1 Å². The Kier molecular flexibility index (Phi) is 3.05. The Morgan fingerprint density at radius 1 is 0.850 bits per heavy atom. The molecule has 0 heterocycles. The largest absolute Gasteiger partial charge is 0.349 e. The van der Waals surface area contributed by atoms with Gasteiger partial charge in [-0.25, -0.2) is 0 Å². The normalized spacial score (nSPS) is 10.4. The van der Waals surface area contributed by atoms with Crippen LogP contribution < -0.4 is 5.32 Å². The van der Waals surface area contributed by atoms with E-state index in [9.17, 15) is 10.1 Å². The number of para-hydroxylation sites is 1. The third-order valence-corrected chi connectivity index (χ3v) is 3.15. The standard InChI is InChI=1S/C16H12N2O2/c19-18(20)15-11-10-12-6-4-5-9-14(12)16(15)17-13-7-2-1-3-8-13/h1-11,17H. The number of rotatable bonds is 3. The lowest BCUT2D eigenvalue weighted by Gasteiger charge is -2.10. The lowest BCUT2D eigenvalue weighted by molar-refractivity contribution is -0.383. The molecule has 0 saturated carbocycles. The summed E-state index contributed by atoms with van der Waals surface area (Å²) in [5.41, 5.74) is 1.43. The predicted octanol–water partition coefficient (Wildman–Crippen LogP) is 4.49. The van der Waals surface area contributed by atoms with E-state index in [1.165, 1.54) is 6.07 Å². The van der Waals surface area contributed by atoms with E-state index in [2.05, 4.69) is 5.32 Å². The quantitative estimate of drug-likeness (QED) is 0.560. The van der Waals surface area contributed by atoms with Gasteiger partial charge < -0.3 is 5.32 Å². The summed E-state index contributed by atoms with van der Waals surface area (Å²) >= 11 is 0. The summed E-state index contributed by atoms with van der Waals surface area (Å²) in [5, 5.41) is 16.2. The van der Waals surface area contributed by atoms with Crippen molar-refractivity contribution in [2.24, 2.45) is 0 Å². The smallest absolute Gasteiger partial charge is 0.293 e. The zero-order chi connectivity index (χ0) is 13.9. The predicted molar refractivity (Wildman–Crippen MR) is 80.3 cm³/mol. The van der Waals surface area contributed by atoms with Gasteiger partial charge in [0.15, 0.2) is 0 Å². The number of benzene rings is 3. The molecule has 3 aromatic rings. The van der Waals surface area contributed by atoms with Gasteiger partial charge in [-0.15, -0.1) is 0 Å². The van der Waals surface area contributed by atoms with Crippen LogP contribution >= 0.6 is 0 Å². The molecule has 4 nitrogen and oxygen atoms in total. The molecule has 4 heteroatoms. The number of nitrogens with one attached hydrogen (secondary N) is 1. The summed E-state index contributed by atoms with van der Waals surface area (Å²) in [5.74, 6) is 0. The minimum absolute atomic E-state index is 0.0764. The van der Waals surface area contributed by atoms with E-state index >= 15 is 0 Å². The van der Waals surface area contributed by atoms with Crippen molar-refractivity contribution in [3.05, 3.63) is 76.8 Å². The second-order valence-electron chi connectivity index (χ2n) is 4.43. The van der Waals surface area contributed by atoms with Crippen LogP contribution in [0.5, 0.6) is 0 Å². The summed E-state index contributed by atoms with van der Waals surface area (Å²) in [4.78, 5) is 10.9. The summed E-state index contributed by atoms with van der Waals surface area (Å²) in [6.45, 7) is 0. The molecule has 0 radical (unpaired) electrons. The van der Waals surface area contributed by atoms with Gasteiger partial charge in [-0.05, 0) is 23.6 Å². The van der Waals surface area contributed by atoms with Crippen molar-refractivity contribution in [1.82, 2.24) is 0 Å². The minimum Gasteiger partial charge on any atom is -0.349 e. The van der Waals surface area contributed by atoms with Gasteiger partial charge in [-0.1, -0.05) is 42.5 Å². The molecule has 98 valence electrons. The highest BCUT2D eigenvalue weighted by atomic mass is 16.6. The Morgan fingerprint density at radius 3 is 2.30 bits per heavy atom. The molecule has 0 fully saturated rings. The highest BCUT2D eigenvalue weighted by molar-refractivity contribution is 5.99. The fourth-order valence-corrected chi connectivity index (χ4v) is 2.21. The molecule has 0 bridgehead atoms. The van der Waals surface area contributed by atoms with Crippen molar-refractivity contribution < 1.29 is 4.92 Å². The monoisotopic (exact) mass is 264 g/mol. The zero-order valence-corrected chi connectivity index (χ0v) is 10.6. The van der Waals surface area contributed by atoms with Gasteiger partial charge in [-0.2, -0.15) is 0 Å². The van der Waals surface area contributed by atoms with Gasteiger partial charge in [0.2, 0.25) is 0 Å². The van der Waals surface area contributed by atoms with E-state index in [4.69, 9.17) is 0 Å². The van der Waals surface area contributed by atoms with Crippen LogP contribution in [0.2, 0.25) is 0 Å². The van der Waals surface area contributed by atoms with Gasteiger partial charge in [0, 0.05) is 17.1 Å². The van der Waals surface area contributed by atoms with Gasteiger partial charge >= 0.3 is 0 Å². The van der Waals surface area contributed by atoms with Gasteiger partial charge in [0.25, 0.3) is 5.69 Å². The Bertz CT molecular complexity index is 770. The Hall–Kier alpha value is -2.88. The SMILES string of the molecule is O=[N+]([O-])c1ccc2ccccc2c1Nc1ccccc1. The van der Waals surface area contributed by atoms with Crippen LogP contribution in [0.1, 0.15) is 0 Å². The number of nitrogens with zero attached hydrogens (tertiary/aromatic N) is 1. The number of fused-ring (bicyclic) bond motifs is 1.